The smallest absolute Gasteiger partial charge is 0.323 e. The number of benzene rings is 1. The number of rotatable bonds is 6. The number of piperidine rings is 1. The minimum Gasteiger partial charge on any atom is -0.458 e. The van der Waals surface area contributed by atoms with Gasteiger partial charge in [0.25, 0.3) is 0 Å². The number of nitrogens with one attached hydrogen (secondary N) is 1. The molecule has 8 nitrogen and oxygen atoms in total. The van der Waals surface area contributed by atoms with Crippen LogP contribution < -0.4 is 11.5 Å². The van der Waals surface area contributed by atoms with Gasteiger partial charge in [-0.3, -0.25) is 9.59 Å². The van der Waals surface area contributed by atoms with E-state index in [1.54, 1.807) is 4.90 Å². The van der Waals surface area contributed by atoms with Crippen LogP contribution in [0.3, 0.4) is 0 Å². The van der Waals surface area contributed by atoms with Crippen molar-refractivity contribution in [1.29, 1.82) is 5.26 Å². The van der Waals surface area contributed by atoms with E-state index in [9.17, 15) is 14.9 Å². The number of nitriles is 1. The molecule has 5 unspecified atom stereocenters. The van der Waals surface area contributed by atoms with E-state index in [1.165, 1.54) is 0 Å². The highest BCUT2D eigenvalue weighted by molar-refractivity contribution is 5.85. The molecule has 1 aliphatic heterocycles. The van der Waals surface area contributed by atoms with Gasteiger partial charge in [-0.2, -0.15) is 5.26 Å². The fourth-order valence-corrected chi connectivity index (χ4v) is 8.95. The summed E-state index contributed by atoms with van der Waals surface area (Å²) in [6.07, 6.45) is 9.26. The molecule has 5 saturated carbocycles. The monoisotopic (exact) mass is 501 g/mol. The van der Waals surface area contributed by atoms with Crippen LogP contribution in [0.1, 0.15) is 56.9 Å². The molecule has 5 aliphatic carbocycles. The van der Waals surface area contributed by atoms with Crippen molar-refractivity contribution >= 4 is 22.8 Å². The Balaban J connectivity index is 1.09. The zero-order chi connectivity index (χ0) is 25.5. The number of hydrogen-bond acceptors (Lipinski definition) is 6. The molecule has 0 radical (unpaired) electrons. The maximum Gasteiger partial charge on any atom is 0.323 e. The number of aromatic nitrogens is 1. The van der Waals surface area contributed by atoms with Crippen molar-refractivity contribution in [2.75, 3.05) is 0 Å². The lowest BCUT2D eigenvalue weighted by atomic mass is 9.46. The van der Waals surface area contributed by atoms with Gasteiger partial charge < -0.3 is 26.1 Å². The lowest BCUT2D eigenvalue weighted by Crippen LogP contribution is -2.66. The van der Waals surface area contributed by atoms with Crippen LogP contribution in [0.4, 0.5) is 0 Å². The van der Waals surface area contributed by atoms with Crippen LogP contribution in [0.2, 0.25) is 0 Å². The molecule has 0 spiro atoms. The van der Waals surface area contributed by atoms with Crippen molar-refractivity contribution in [3.05, 3.63) is 36.0 Å². The van der Waals surface area contributed by atoms with Crippen molar-refractivity contribution < 1.29 is 14.3 Å². The zero-order valence-electron chi connectivity index (χ0n) is 21.1. The number of esters is 1. The van der Waals surface area contributed by atoms with E-state index in [-0.39, 0.29) is 29.4 Å². The molecule has 1 aromatic carbocycles. The molecule has 8 rings (SSSR count). The van der Waals surface area contributed by atoms with Gasteiger partial charge in [0.1, 0.15) is 17.7 Å². The maximum absolute atomic E-state index is 13.7. The molecule has 6 fully saturated rings. The highest BCUT2D eigenvalue weighted by atomic mass is 16.6. The molecular formula is C29H35N5O3. The fraction of sp³-hybridized carbons (Fsp3) is 0.621. The number of H-pyrrole nitrogens is 1. The van der Waals surface area contributed by atoms with E-state index in [0.717, 1.165) is 61.4 Å². The third kappa shape index (κ3) is 3.62. The molecule has 194 valence electrons. The van der Waals surface area contributed by atoms with Crippen molar-refractivity contribution in [2.24, 2.45) is 34.6 Å². The highest BCUT2D eigenvalue weighted by Gasteiger charge is 2.64. The maximum atomic E-state index is 13.7. The number of aromatic amines is 1. The van der Waals surface area contributed by atoms with Gasteiger partial charge in [-0.05, 0) is 86.2 Å². The SMILES string of the molecule is N#C[C@@H]1CC2CC2N1C(=O)[C@@H](N)C12CC3C[C@H](CC(OC(=O)[C@@H](N)Cc4c[nH]c5ccccc45)(C3)C1)C2. The van der Waals surface area contributed by atoms with Gasteiger partial charge >= 0.3 is 5.97 Å². The summed E-state index contributed by atoms with van der Waals surface area (Å²) in [6, 6.07) is 8.72. The van der Waals surface area contributed by atoms with Crippen LogP contribution in [-0.4, -0.2) is 51.5 Å². The van der Waals surface area contributed by atoms with E-state index >= 15 is 0 Å². The van der Waals surface area contributed by atoms with Gasteiger partial charge in [0.05, 0.1) is 12.1 Å². The normalized spacial score (nSPS) is 38.7. The summed E-state index contributed by atoms with van der Waals surface area (Å²) >= 11 is 0. The van der Waals surface area contributed by atoms with Gasteiger partial charge in [-0.25, -0.2) is 0 Å². The summed E-state index contributed by atoms with van der Waals surface area (Å²) in [5.41, 5.74) is 14.3. The molecular weight excluding hydrogens is 466 g/mol. The molecule has 37 heavy (non-hydrogen) atoms. The average Bonchev–Trinajstić information content (AvgIpc) is 3.35. The average molecular weight is 502 g/mol. The summed E-state index contributed by atoms with van der Waals surface area (Å²) in [4.78, 5) is 32.1. The highest BCUT2D eigenvalue weighted by Crippen LogP contribution is 2.64. The van der Waals surface area contributed by atoms with Crippen LogP contribution in [0.25, 0.3) is 10.9 Å². The van der Waals surface area contributed by atoms with Gasteiger partial charge in [0.15, 0.2) is 0 Å². The standard InChI is InChI=1S/C29H35N5O3/c30-13-20-6-18-8-24(18)34(20)26(35)25(32)28-9-16-5-17(10-28)12-29(11-16,15-28)37-27(36)22(31)7-19-14-33-23-4-2-1-3-21(19)23/h1-4,14,16-18,20,22,24-25,33H,5-12,15,31-32H2/t16-,17?,18?,20-,22-,24?,25+,28?,29?/m0/s1. The largest absolute Gasteiger partial charge is 0.458 e. The second-order valence-electron chi connectivity index (χ2n) is 12.8. The molecule has 9 atom stereocenters. The van der Waals surface area contributed by atoms with Gasteiger partial charge in [0, 0.05) is 29.6 Å². The Bertz CT molecular complexity index is 1300. The second-order valence-corrected chi connectivity index (χ2v) is 12.8. The van der Waals surface area contributed by atoms with Crippen molar-refractivity contribution in [3.8, 4) is 6.07 Å². The number of nitrogens with two attached hydrogens (primary N) is 2. The molecule has 8 heteroatoms. The number of fused-ring (bicyclic) bond motifs is 2. The van der Waals surface area contributed by atoms with Crippen molar-refractivity contribution in [1.82, 2.24) is 9.88 Å². The first-order valence-electron chi connectivity index (χ1n) is 13.8. The number of para-hydroxylation sites is 1. The summed E-state index contributed by atoms with van der Waals surface area (Å²) in [6.45, 7) is 0. The number of carbonyl (C=O) groups excluding carboxylic acids is 2. The first-order chi connectivity index (χ1) is 17.8. The number of hydrogen-bond donors (Lipinski definition) is 3. The lowest BCUT2D eigenvalue weighted by Gasteiger charge is -2.62. The summed E-state index contributed by atoms with van der Waals surface area (Å²) < 4.78 is 6.32. The topological polar surface area (TPSA) is 138 Å². The molecule has 2 heterocycles. The van der Waals surface area contributed by atoms with Gasteiger partial charge in [-0.1, -0.05) is 18.2 Å². The minimum absolute atomic E-state index is 0.0731. The van der Waals surface area contributed by atoms with Gasteiger partial charge in [-0.15, -0.1) is 0 Å². The molecule has 1 aromatic heterocycles. The molecule has 6 aliphatic rings. The molecule has 5 N–H and O–H groups in total. The third-order valence-corrected chi connectivity index (χ3v) is 10.2. The first-order valence-corrected chi connectivity index (χ1v) is 13.8. The number of likely N-dealkylation sites (tertiary alicyclic amines) is 1. The first kappa shape index (κ1) is 23.2. The predicted molar refractivity (Wildman–Crippen MR) is 137 cm³/mol. The molecule has 1 amide bonds. The van der Waals surface area contributed by atoms with Gasteiger partial charge in [0.2, 0.25) is 5.91 Å². The third-order valence-electron chi connectivity index (χ3n) is 10.2. The van der Waals surface area contributed by atoms with E-state index in [0.29, 0.717) is 30.6 Å². The number of nitrogens with zero attached hydrogens (tertiary/aromatic N) is 2. The van der Waals surface area contributed by atoms with E-state index in [4.69, 9.17) is 16.2 Å². The molecule has 1 saturated heterocycles. The molecule has 4 bridgehead atoms. The van der Waals surface area contributed by atoms with Crippen molar-refractivity contribution in [3.63, 3.8) is 0 Å². The minimum atomic E-state index is -0.758. The predicted octanol–water partition coefficient (Wildman–Crippen LogP) is 2.76. The Labute approximate surface area is 216 Å². The quantitative estimate of drug-likeness (QED) is 0.520. The summed E-state index contributed by atoms with van der Waals surface area (Å²) in [5.74, 6) is 0.819. The number of ether oxygens (including phenoxy) is 1. The second kappa shape index (κ2) is 8.05. The van der Waals surface area contributed by atoms with E-state index in [2.05, 4.69) is 11.1 Å². The Hall–Kier alpha value is -2.89. The van der Waals surface area contributed by atoms with Crippen LogP contribution in [0.5, 0.6) is 0 Å². The van der Waals surface area contributed by atoms with E-state index in [1.807, 2.05) is 30.5 Å². The fourth-order valence-electron chi connectivity index (χ4n) is 8.95. The zero-order valence-corrected chi connectivity index (χ0v) is 21.1. The van der Waals surface area contributed by atoms with Crippen LogP contribution >= 0.6 is 0 Å². The summed E-state index contributed by atoms with van der Waals surface area (Å²) in [7, 11) is 0. The molecule has 2 aromatic rings. The summed E-state index contributed by atoms with van der Waals surface area (Å²) in [5, 5.41) is 10.7. The van der Waals surface area contributed by atoms with E-state index < -0.39 is 17.7 Å². The van der Waals surface area contributed by atoms with Crippen LogP contribution in [0, 0.1) is 34.5 Å². The number of amides is 1. The van der Waals surface area contributed by atoms with Crippen molar-refractivity contribution in [2.45, 2.75) is 87.6 Å². The Morgan fingerprint density at radius 1 is 1.14 bits per heavy atom. The number of carbonyl (C=O) groups is 2. The van der Waals surface area contributed by atoms with Crippen LogP contribution in [-0.2, 0) is 20.7 Å². The Morgan fingerprint density at radius 3 is 2.65 bits per heavy atom. The lowest BCUT2D eigenvalue weighted by molar-refractivity contribution is -0.206. The van der Waals surface area contributed by atoms with Crippen LogP contribution in [0.15, 0.2) is 30.5 Å². The Kier molecular flexibility index (Phi) is 5.06. The Morgan fingerprint density at radius 2 is 1.89 bits per heavy atom.